The van der Waals surface area contributed by atoms with Gasteiger partial charge in [-0.25, -0.2) is 0 Å². The van der Waals surface area contributed by atoms with Gasteiger partial charge in [0, 0.05) is 17.4 Å². The Morgan fingerprint density at radius 1 is 0.963 bits per heavy atom. The highest BCUT2D eigenvalue weighted by Gasteiger charge is 2.05. The number of rotatable bonds is 10. The second kappa shape index (κ2) is 10.5. The molecule has 2 aromatic carbocycles. The first-order valence-corrected chi connectivity index (χ1v) is 9.45. The van der Waals surface area contributed by atoms with Gasteiger partial charge in [0.1, 0.15) is 11.5 Å². The summed E-state index contributed by atoms with van der Waals surface area (Å²) in [5.74, 6) is 2.09. The molecule has 0 aromatic heterocycles. The van der Waals surface area contributed by atoms with Crippen molar-refractivity contribution < 1.29 is 14.3 Å². The number of carbonyl (C=O) groups is 1. The van der Waals surface area contributed by atoms with Gasteiger partial charge in [0.25, 0.3) is 0 Å². The van der Waals surface area contributed by atoms with Crippen LogP contribution in [0.25, 0.3) is 0 Å². The smallest absolute Gasteiger partial charge is 0.243 e. The van der Waals surface area contributed by atoms with Gasteiger partial charge in [0.15, 0.2) is 0 Å². The first-order valence-electron chi connectivity index (χ1n) is 9.45. The van der Waals surface area contributed by atoms with Crippen molar-refractivity contribution in [3.63, 3.8) is 0 Å². The molecule has 0 saturated carbocycles. The van der Waals surface area contributed by atoms with Crippen LogP contribution >= 0.6 is 0 Å². The van der Waals surface area contributed by atoms with Gasteiger partial charge in [-0.2, -0.15) is 0 Å². The SMILES string of the molecule is CC(C)CCOc1cccc(NCC(=O)Nc2ccc(OC(C)C)cc2)c1. The predicted molar refractivity (Wildman–Crippen MR) is 111 cm³/mol. The second-order valence-electron chi connectivity index (χ2n) is 7.15. The summed E-state index contributed by atoms with van der Waals surface area (Å²) in [6, 6.07) is 15.0. The van der Waals surface area contributed by atoms with Gasteiger partial charge in [-0.1, -0.05) is 19.9 Å². The zero-order valence-corrected chi connectivity index (χ0v) is 16.6. The van der Waals surface area contributed by atoms with Crippen molar-refractivity contribution in [1.29, 1.82) is 0 Å². The van der Waals surface area contributed by atoms with Crippen LogP contribution in [0.4, 0.5) is 11.4 Å². The van der Waals surface area contributed by atoms with Crippen molar-refractivity contribution in [2.24, 2.45) is 5.92 Å². The Morgan fingerprint density at radius 3 is 2.37 bits per heavy atom. The van der Waals surface area contributed by atoms with Crippen LogP contribution in [0.15, 0.2) is 48.5 Å². The van der Waals surface area contributed by atoms with Gasteiger partial charge in [-0.15, -0.1) is 0 Å². The van der Waals surface area contributed by atoms with E-state index in [1.54, 1.807) is 0 Å². The molecule has 0 unspecified atom stereocenters. The Morgan fingerprint density at radius 2 is 1.70 bits per heavy atom. The molecule has 0 spiro atoms. The lowest BCUT2D eigenvalue weighted by molar-refractivity contribution is -0.114. The monoisotopic (exact) mass is 370 g/mol. The summed E-state index contributed by atoms with van der Waals surface area (Å²) in [5.41, 5.74) is 1.59. The Kier molecular flexibility index (Phi) is 7.99. The molecule has 1 amide bonds. The molecule has 0 saturated heterocycles. The molecule has 0 atom stereocenters. The van der Waals surface area contributed by atoms with Gasteiger partial charge in [-0.05, 0) is 62.6 Å². The molecule has 5 heteroatoms. The van der Waals surface area contributed by atoms with E-state index in [2.05, 4.69) is 24.5 Å². The highest BCUT2D eigenvalue weighted by Crippen LogP contribution is 2.19. The molecule has 0 aliphatic rings. The average molecular weight is 370 g/mol. The van der Waals surface area contributed by atoms with Crippen molar-refractivity contribution >= 4 is 17.3 Å². The van der Waals surface area contributed by atoms with Crippen LogP contribution in [0.5, 0.6) is 11.5 Å². The summed E-state index contributed by atoms with van der Waals surface area (Å²) in [7, 11) is 0. The standard InChI is InChI=1S/C22H30N2O3/c1-16(2)12-13-26-21-7-5-6-19(14-21)23-15-22(25)24-18-8-10-20(11-9-18)27-17(3)4/h5-11,14,16-17,23H,12-13,15H2,1-4H3,(H,24,25). The van der Waals surface area contributed by atoms with Crippen molar-refractivity contribution in [3.05, 3.63) is 48.5 Å². The molecule has 2 N–H and O–H groups in total. The van der Waals surface area contributed by atoms with E-state index < -0.39 is 0 Å². The Hall–Kier alpha value is -2.69. The maximum absolute atomic E-state index is 12.1. The van der Waals surface area contributed by atoms with E-state index in [0.29, 0.717) is 12.5 Å². The third-order valence-corrected chi connectivity index (χ3v) is 3.76. The minimum absolute atomic E-state index is 0.112. The van der Waals surface area contributed by atoms with Crippen molar-refractivity contribution in [3.8, 4) is 11.5 Å². The Labute approximate surface area is 162 Å². The number of nitrogens with one attached hydrogen (secondary N) is 2. The first kappa shape index (κ1) is 20.6. The lowest BCUT2D eigenvalue weighted by atomic mass is 10.1. The molecule has 0 heterocycles. The summed E-state index contributed by atoms with van der Waals surface area (Å²) >= 11 is 0. The molecular formula is C22H30N2O3. The van der Waals surface area contributed by atoms with Crippen molar-refractivity contribution in [2.75, 3.05) is 23.8 Å². The molecule has 5 nitrogen and oxygen atoms in total. The Bertz CT molecular complexity index is 712. The zero-order valence-electron chi connectivity index (χ0n) is 16.6. The van der Waals surface area contributed by atoms with Crippen LogP contribution in [-0.4, -0.2) is 25.2 Å². The molecule has 0 fully saturated rings. The van der Waals surface area contributed by atoms with Crippen LogP contribution in [0.3, 0.4) is 0 Å². The van der Waals surface area contributed by atoms with E-state index in [9.17, 15) is 4.79 Å². The summed E-state index contributed by atoms with van der Waals surface area (Å²) < 4.78 is 11.3. The van der Waals surface area contributed by atoms with Crippen molar-refractivity contribution in [2.45, 2.75) is 40.2 Å². The van der Waals surface area contributed by atoms with E-state index in [1.807, 2.05) is 62.4 Å². The molecule has 0 aliphatic heterocycles. The van der Waals surface area contributed by atoms with Gasteiger partial charge >= 0.3 is 0 Å². The third-order valence-electron chi connectivity index (χ3n) is 3.76. The summed E-state index contributed by atoms with van der Waals surface area (Å²) in [6.45, 7) is 9.17. The van der Waals surface area contributed by atoms with Crippen molar-refractivity contribution in [1.82, 2.24) is 0 Å². The van der Waals surface area contributed by atoms with Crippen LogP contribution in [0.2, 0.25) is 0 Å². The molecule has 2 rings (SSSR count). The van der Waals surface area contributed by atoms with Gasteiger partial charge in [0.05, 0.1) is 19.3 Å². The fourth-order valence-corrected chi connectivity index (χ4v) is 2.38. The normalized spacial score (nSPS) is 10.7. The van der Waals surface area contributed by atoms with Gasteiger partial charge < -0.3 is 20.1 Å². The molecule has 27 heavy (non-hydrogen) atoms. The summed E-state index contributed by atoms with van der Waals surface area (Å²) in [4.78, 5) is 12.1. The number of carbonyl (C=O) groups excluding carboxylic acids is 1. The molecule has 2 aromatic rings. The van der Waals surface area contributed by atoms with Crippen LogP contribution in [-0.2, 0) is 4.79 Å². The van der Waals surface area contributed by atoms with Crippen LogP contribution in [0.1, 0.15) is 34.1 Å². The quantitative estimate of drug-likeness (QED) is 0.621. The lowest BCUT2D eigenvalue weighted by Gasteiger charge is -2.12. The molecule has 146 valence electrons. The summed E-state index contributed by atoms with van der Waals surface area (Å²) in [5, 5.41) is 5.99. The highest BCUT2D eigenvalue weighted by atomic mass is 16.5. The van der Waals surface area contributed by atoms with E-state index >= 15 is 0 Å². The minimum atomic E-state index is -0.112. The second-order valence-corrected chi connectivity index (χ2v) is 7.15. The maximum atomic E-state index is 12.1. The number of amides is 1. The number of hydrogen-bond donors (Lipinski definition) is 2. The largest absolute Gasteiger partial charge is 0.494 e. The number of anilines is 2. The van der Waals surface area contributed by atoms with Gasteiger partial charge in [0.2, 0.25) is 5.91 Å². The fraction of sp³-hybridized carbons (Fsp3) is 0.409. The number of ether oxygens (including phenoxy) is 2. The molecule has 0 aliphatic carbocycles. The number of benzene rings is 2. The fourth-order valence-electron chi connectivity index (χ4n) is 2.38. The van der Waals surface area contributed by atoms with E-state index in [-0.39, 0.29) is 18.6 Å². The van der Waals surface area contributed by atoms with Crippen LogP contribution in [0, 0.1) is 5.92 Å². The maximum Gasteiger partial charge on any atom is 0.243 e. The van der Waals surface area contributed by atoms with Crippen LogP contribution < -0.4 is 20.1 Å². The number of hydrogen-bond acceptors (Lipinski definition) is 4. The first-order chi connectivity index (χ1) is 12.9. The molecule has 0 bridgehead atoms. The lowest BCUT2D eigenvalue weighted by Crippen LogP contribution is -2.21. The topological polar surface area (TPSA) is 59.6 Å². The van der Waals surface area contributed by atoms with Gasteiger partial charge in [-0.3, -0.25) is 4.79 Å². The third kappa shape index (κ3) is 8.03. The Balaban J connectivity index is 1.79. The molecular weight excluding hydrogens is 340 g/mol. The van der Waals surface area contributed by atoms with E-state index in [4.69, 9.17) is 9.47 Å². The predicted octanol–water partition coefficient (Wildman–Crippen LogP) is 4.95. The average Bonchev–Trinajstić information content (AvgIpc) is 2.61. The van der Waals surface area contributed by atoms with E-state index in [1.165, 1.54) is 0 Å². The van der Waals surface area contributed by atoms with E-state index in [0.717, 1.165) is 29.3 Å². The summed E-state index contributed by atoms with van der Waals surface area (Å²) in [6.07, 6.45) is 1.14. The minimum Gasteiger partial charge on any atom is -0.494 e. The zero-order chi connectivity index (χ0) is 19.6. The molecule has 0 radical (unpaired) electrons. The highest BCUT2D eigenvalue weighted by molar-refractivity contribution is 5.93.